The minimum atomic E-state index is 0.290. The smallest absolute Gasteiger partial charge is 0.0826 e. The molecule has 0 bridgehead atoms. The molecular formula is C14H26N4O. The van der Waals surface area contributed by atoms with Crippen LogP contribution in [0.4, 0.5) is 0 Å². The van der Waals surface area contributed by atoms with Crippen molar-refractivity contribution in [2.24, 2.45) is 7.05 Å². The molecule has 2 heterocycles. The van der Waals surface area contributed by atoms with Gasteiger partial charge in [-0.3, -0.25) is 9.58 Å². The highest BCUT2D eigenvalue weighted by molar-refractivity contribution is 5.27. The zero-order valence-electron chi connectivity index (χ0n) is 12.7. The summed E-state index contributed by atoms with van der Waals surface area (Å²) in [7, 11) is 3.99. The molecule has 1 aromatic heterocycles. The summed E-state index contributed by atoms with van der Waals surface area (Å²) in [6, 6.07) is 0.400. The van der Waals surface area contributed by atoms with E-state index >= 15 is 0 Å². The van der Waals surface area contributed by atoms with E-state index in [1.165, 1.54) is 11.3 Å². The molecule has 2 rings (SSSR count). The first-order valence-electron chi connectivity index (χ1n) is 7.05. The first-order valence-corrected chi connectivity index (χ1v) is 7.05. The molecule has 0 radical (unpaired) electrons. The first-order chi connectivity index (χ1) is 9.04. The third kappa shape index (κ3) is 2.99. The normalized spacial score (nSPS) is 22.7. The van der Waals surface area contributed by atoms with Crippen LogP contribution < -0.4 is 5.32 Å². The number of ether oxygens (including phenoxy) is 1. The van der Waals surface area contributed by atoms with Crippen LogP contribution in [0.25, 0.3) is 0 Å². The fourth-order valence-corrected chi connectivity index (χ4v) is 3.02. The Morgan fingerprint density at radius 1 is 1.47 bits per heavy atom. The van der Waals surface area contributed by atoms with Gasteiger partial charge in [0.05, 0.1) is 18.4 Å². The maximum atomic E-state index is 5.78. The third-order valence-corrected chi connectivity index (χ3v) is 4.13. The molecular weight excluding hydrogens is 240 g/mol. The van der Waals surface area contributed by atoms with Crippen molar-refractivity contribution in [3.8, 4) is 0 Å². The van der Waals surface area contributed by atoms with E-state index in [9.17, 15) is 0 Å². The second-order valence-corrected chi connectivity index (χ2v) is 5.43. The standard InChI is InChI=1S/C14H26N4O/c1-10-14(11(2)17(5)16-10)12(3)18-6-7-19-13(9-18)8-15-4/h12-13,15H,6-9H2,1-5H3. The van der Waals surface area contributed by atoms with E-state index in [4.69, 9.17) is 4.74 Å². The fraction of sp³-hybridized carbons (Fsp3) is 0.786. The molecule has 2 unspecified atom stereocenters. The van der Waals surface area contributed by atoms with Crippen molar-refractivity contribution in [3.05, 3.63) is 17.0 Å². The second-order valence-electron chi connectivity index (χ2n) is 5.43. The number of nitrogens with one attached hydrogen (secondary N) is 1. The lowest BCUT2D eigenvalue weighted by Crippen LogP contribution is -2.47. The van der Waals surface area contributed by atoms with Gasteiger partial charge in [0.2, 0.25) is 0 Å². The SMILES string of the molecule is CNCC1CN(C(C)c2c(C)nn(C)c2C)CCO1. The molecule has 2 atom stereocenters. The summed E-state index contributed by atoms with van der Waals surface area (Å²) in [5.41, 5.74) is 3.78. The highest BCUT2D eigenvalue weighted by atomic mass is 16.5. The lowest BCUT2D eigenvalue weighted by molar-refractivity contribution is -0.0394. The first kappa shape index (κ1) is 14.5. The number of aryl methyl sites for hydroxylation is 2. The Hall–Kier alpha value is -0.910. The van der Waals surface area contributed by atoms with E-state index < -0.39 is 0 Å². The molecule has 1 aliphatic rings. The molecule has 0 aliphatic carbocycles. The number of rotatable bonds is 4. The summed E-state index contributed by atoms with van der Waals surface area (Å²) in [4.78, 5) is 2.50. The molecule has 1 aromatic rings. The minimum Gasteiger partial charge on any atom is -0.374 e. The molecule has 19 heavy (non-hydrogen) atoms. The zero-order valence-corrected chi connectivity index (χ0v) is 12.7. The van der Waals surface area contributed by atoms with Crippen molar-refractivity contribution in [3.63, 3.8) is 0 Å². The van der Waals surface area contributed by atoms with Gasteiger partial charge in [-0.25, -0.2) is 0 Å². The molecule has 108 valence electrons. The van der Waals surface area contributed by atoms with Crippen molar-refractivity contribution in [2.45, 2.75) is 32.9 Å². The van der Waals surface area contributed by atoms with Crippen molar-refractivity contribution in [1.82, 2.24) is 20.0 Å². The van der Waals surface area contributed by atoms with Gasteiger partial charge in [-0.15, -0.1) is 0 Å². The molecule has 0 amide bonds. The Balaban J connectivity index is 2.12. The van der Waals surface area contributed by atoms with E-state index in [2.05, 4.69) is 36.1 Å². The molecule has 5 nitrogen and oxygen atoms in total. The van der Waals surface area contributed by atoms with Crippen LogP contribution in [0.5, 0.6) is 0 Å². The van der Waals surface area contributed by atoms with Crippen LogP contribution in [0.3, 0.4) is 0 Å². The van der Waals surface area contributed by atoms with E-state index in [0.29, 0.717) is 12.1 Å². The molecule has 1 aliphatic heterocycles. The summed E-state index contributed by atoms with van der Waals surface area (Å²) in [5, 5.41) is 7.72. The minimum absolute atomic E-state index is 0.290. The molecule has 1 N–H and O–H groups in total. The summed E-state index contributed by atoms with van der Waals surface area (Å²) in [6.07, 6.45) is 0.290. The average Bonchev–Trinajstić information content (AvgIpc) is 2.63. The van der Waals surface area contributed by atoms with E-state index in [1.807, 2.05) is 18.8 Å². The lowest BCUT2D eigenvalue weighted by Gasteiger charge is -2.37. The van der Waals surface area contributed by atoms with Gasteiger partial charge in [-0.05, 0) is 27.8 Å². The van der Waals surface area contributed by atoms with E-state index in [1.54, 1.807) is 0 Å². The number of morpholine rings is 1. The molecule has 5 heteroatoms. The maximum Gasteiger partial charge on any atom is 0.0826 e. The van der Waals surface area contributed by atoms with Crippen molar-refractivity contribution < 1.29 is 4.74 Å². The van der Waals surface area contributed by atoms with Crippen LogP contribution in [-0.2, 0) is 11.8 Å². The third-order valence-electron chi connectivity index (χ3n) is 4.13. The Kier molecular flexibility index (Phi) is 4.60. The maximum absolute atomic E-state index is 5.78. The molecule has 1 fully saturated rings. The quantitative estimate of drug-likeness (QED) is 0.883. The monoisotopic (exact) mass is 266 g/mol. The molecule has 1 saturated heterocycles. The second kappa shape index (κ2) is 6.03. The van der Waals surface area contributed by atoms with Crippen LogP contribution in [0.1, 0.15) is 29.9 Å². The Bertz CT molecular complexity index is 427. The van der Waals surface area contributed by atoms with Gasteiger partial charge in [0.25, 0.3) is 0 Å². The molecule has 0 aromatic carbocycles. The largest absolute Gasteiger partial charge is 0.374 e. The predicted molar refractivity (Wildman–Crippen MR) is 76.3 cm³/mol. The van der Waals surface area contributed by atoms with Gasteiger partial charge in [0, 0.05) is 44.0 Å². The number of hydrogen-bond donors (Lipinski definition) is 1. The number of nitrogens with zero attached hydrogens (tertiary/aromatic N) is 3. The van der Waals surface area contributed by atoms with E-state index in [0.717, 1.165) is 31.9 Å². The van der Waals surface area contributed by atoms with Gasteiger partial charge in [-0.2, -0.15) is 5.10 Å². The Morgan fingerprint density at radius 2 is 2.21 bits per heavy atom. The zero-order chi connectivity index (χ0) is 14.0. The predicted octanol–water partition coefficient (Wildman–Crippen LogP) is 1.02. The highest BCUT2D eigenvalue weighted by Crippen LogP contribution is 2.27. The average molecular weight is 266 g/mol. The van der Waals surface area contributed by atoms with Crippen molar-refractivity contribution in [1.29, 1.82) is 0 Å². The fourth-order valence-electron chi connectivity index (χ4n) is 3.02. The number of hydrogen-bond acceptors (Lipinski definition) is 4. The van der Waals surface area contributed by atoms with Crippen LogP contribution in [0, 0.1) is 13.8 Å². The van der Waals surface area contributed by atoms with Crippen LogP contribution >= 0.6 is 0 Å². The van der Waals surface area contributed by atoms with Crippen LogP contribution in [0.2, 0.25) is 0 Å². The Morgan fingerprint density at radius 3 is 2.79 bits per heavy atom. The summed E-state index contributed by atoms with van der Waals surface area (Å²) in [5.74, 6) is 0. The van der Waals surface area contributed by atoms with E-state index in [-0.39, 0.29) is 0 Å². The van der Waals surface area contributed by atoms with Gasteiger partial charge in [0.1, 0.15) is 0 Å². The Labute approximate surface area is 115 Å². The lowest BCUT2D eigenvalue weighted by atomic mass is 10.0. The van der Waals surface area contributed by atoms with Gasteiger partial charge >= 0.3 is 0 Å². The highest BCUT2D eigenvalue weighted by Gasteiger charge is 2.27. The summed E-state index contributed by atoms with van der Waals surface area (Å²) < 4.78 is 7.75. The molecule has 0 spiro atoms. The summed E-state index contributed by atoms with van der Waals surface area (Å²) >= 11 is 0. The molecule has 0 saturated carbocycles. The van der Waals surface area contributed by atoms with Crippen LogP contribution in [0.15, 0.2) is 0 Å². The van der Waals surface area contributed by atoms with Crippen molar-refractivity contribution in [2.75, 3.05) is 33.3 Å². The number of likely N-dealkylation sites (N-methyl/N-ethyl adjacent to an activating group) is 1. The van der Waals surface area contributed by atoms with Crippen molar-refractivity contribution >= 4 is 0 Å². The van der Waals surface area contributed by atoms with Crippen LogP contribution in [-0.4, -0.2) is 54.1 Å². The van der Waals surface area contributed by atoms with Gasteiger partial charge < -0.3 is 10.1 Å². The van der Waals surface area contributed by atoms with Gasteiger partial charge in [0.15, 0.2) is 0 Å². The van der Waals surface area contributed by atoms with Gasteiger partial charge in [-0.1, -0.05) is 0 Å². The number of aromatic nitrogens is 2. The summed E-state index contributed by atoms with van der Waals surface area (Å²) in [6.45, 7) is 10.2. The topological polar surface area (TPSA) is 42.3 Å².